The molecule has 0 fully saturated rings. The summed E-state index contributed by atoms with van der Waals surface area (Å²) in [6.45, 7) is 0. The van der Waals surface area contributed by atoms with Crippen molar-refractivity contribution in [3.63, 3.8) is 0 Å². The molecule has 108 valence electrons. The van der Waals surface area contributed by atoms with E-state index in [0.29, 0.717) is 11.4 Å². The minimum atomic E-state index is -0.579. The molecular weight excluding hydrogens is 317 g/mol. The van der Waals surface area contributed by atoms with Crippen LogP contribution in [0.4, 0.5) is 21.5 Å². The van der Waals surface area contributed by atoms with E-state index in [9.17, 15) is 14.5 Å². The molecule has 8 heteroatoms. The van der Waals surface area contributed by atoms with E-state index in [1.54, 1.807) is 6.07 Å². The standard InChI is InChI=1S/C13H9ClFN3O2S/c14-11-6-5-10(7-12(11)18(19)20)17-13(21)16-9-3-1-8(15)2-4-9/h1-7H,(H2,16,17,21). The second-order valence-corrected chi connectivity index (χ2v) is 4.82. The van der Waals surface area contributed by atoms with Crippen molar-refractivity contribution in [1.29, 1.82) is 0 Å². The molecule has 0 bridgehead atoms. The molecule has 2 N–H and O–H groups in total. The van der Waals surface area contributed by atoms with Crippen LogP contribution in [0.25, 0.3) is 0 Å². The minimum Gasteiger partial charge on any atom is -0.332 e. The first kappa shape index (κ1) is 15.1. The van der Waals surface area contributed by atoms with Crippen LogP contribution in [-0.4, -0.2) is 10.0 Å². The van der Waals surface area contributed by atoms with E-state index < -0.39 is 4.92 Å². The van der Waals surface area contributed by atoms with Crippen LogP contribution in [0.15, 0.2) is 42.5 Å². The maximum Gasteiger partial charge on any atom is 0.289 e. The summed E-state index contributed by atoms with van der Waals surface area (Å²) in [6.07, 6.45) is 0. The minimum absolute atomic E-state index is 0.0444. The van der Waals surface area contributed by atoms with Gasteiger partial charge in [0.1, 0.15) is 10.8 Å². The summed E-state index contributed by atoms with van der Waals surface area (Å²) in [5, 5.41) is 16.7. The Morgan fingerprint density at radius 2 is 1.71 bits per heavy atom. The van der Waals surface area contributed by atoms with E-state index in [2.05, 4.69) is 10.6 Å². The Morgan fingerprint density at radius 1 is 1.14 bits per heavy atom. The zero-order valence-electron chi connectivity index (χ0n) is 10.5. The van der Waals surface area contributed by atoms with Crippen LogP contribution >= 0.6 is 23.8 Å². The molecule has 5 nitrogen and oxygen atoms in total. The van der Waals surface area contributed by atoms with Crippen molar-refractivity contribution in [1.82, 2.24) is 0 Å². The first-order valence-electron chi connectivity index (χ1n) is 5.73. The van der Waals surface area contributed by atoms with Crippen molar-refractivity contribution in [3.8, 4) is 0 Å². The molecule has 0 saturated heterocycles. The van der Waals surface area contributed by atoms with Gasteiger partial charge in [0.2, 0.25) is 0 Å². The van der Waals surface area contributed by atoms with E-state index in [0.717, 1.165) is 0 Å². The molecule has 0 aromatic heterocycles. The van der Waals surface area contributed by atoms with Crippen LogP contribution < -0.4 is 10.6 Å². The van der Waals surface area contributed by atoms with Gasteiger partial charge in [-0.1, -0.05) is 11.6 Å². The van der Waals surface area contributed by atoms with Crippen LogP contribution in [0.3, 0.4) is 0 Å². The van der Waals surface area contributed by atoms with Crippen LogP contribution in [0, 0.1) is 15.9 Å². The first-order valence-corrected chi connectivity index (χ1v) is 6.52. The highest BCUT2D eigenvalue weighted by atomic mass is 35.5. The Hall–Kier alpha value is -2.25. The number of nitro groups is 1. The normalized spacial score (nSPS) is 10.0. The lowest BCUT2D eigenvalue weighted by Gasteiger charge is -2.10. The molecule has 0 aliphatic heterocycles. The predicted molar refractivity (Wildman–Crippen MR) is 84.3 cm³/mol. The van der Waals surface area contributed by atoms with Gasteiger partial charge in [-0.05, 0) is 48.6 Å². The molecule has 0 radical (unpaired) electrons. The van der Waals surface area contributed by atoms with Crippen molar-refractivity contribution in [2.45, 2.75) is 0 Å². The van der Waals surface area contributed by atoms with Crippen molar-refractivity contribution in [2.75, 3.05) is 10.6 Å². The number of nitrogens with one attached hydrogen (secondary N) is 2. The number of nitro benzene ring substituents is 1. The summed E-state index contributed by atoms with van der Waals surface area (Å²) in [5.41, 5.74) is 0.800. The number of nitrogens with zero attached hydrogens (tertiary/aromatic N) is 1. The quantitative estimate of drug-likeness (QED) is 0.503. The highest BCUT2D eigenvalue weighted by Crippen LogP contribution is 2.27. The molecule has 2 aromatic carbocycles. The summed E-state index contributed by atoms with van der Waals surface area (Å²) in [6, 6.07) is 9.87. The van der Waals surface area contributed by atoms with Gasteiger partial charge < -0.3 is 10.6 Å². The fourth-order valence-corrected chi connectivity index (χ4v) is 1.98. The monoisotopic (exact) mass is 325 g/mol. The zero-order chi connectivity index (χ0) is 15.4. The maximum atomic E-state index is 12.8. The SMILES string of the molecule is O=[N+]([O-])c1cc(NC(=S)Nc2ccc(F)cc2)ccc1Cl. The molecular formula is C13H9ClFN3O2S. The molecule has 0 aliphatic rings. The van der Waals surface area contributed by atoms with Crippen LogP contribution in [0.1, 0.15) is 0 Å². The zero-order valence-corrected chi connectivity index (χ0v) is 12.0. The van der Waals surface area contributed by atoms with Gasteiger partial charge in [0.25, 0.3) is 5.69 Å². The molecule has 2 rings (SSSR count). The Balaban J connectivity index is 2.07. The number of hydrogen-bond acceptors (Lipinski definition) is 3. The molecule has 0 atom stereocenters. The number of hydrogen-bond donors (Lipinski definition) is 2. The summed E-state index contributed by atoms with van der Waals surface area (Å²) >= 11 is 10.8. The predicted octanol–water partition coefficient (Wildman–Crippen LogP) is 4.20. The number of rotatable bonds is 3. The fraction of sp³-hybridized carbons (Fsp3) is 0. The summed E-state index contributed by atoms with van der Waals surface area (Å²) < 4.78 is 12.8. The van der Waals surface area contributed by atoms with E-state index in [1.165, 1.54) is 36.4 Å². The van der Waals surface area contributed by atoms with Crippen LogP contribution in [0.2, 0.25) is 5.02 Å². The van der Waals surface area contributed by atoms with Gasteiger partial charge in [-0.3, -0.25) is 10.1 Å². The average molecular weight is 326 g/mol. The first-order chi connectivity index (χ1) is 9.95. The Morgan fingerprint density at radius 3 is 2.33 bits per heavy atom. The van der Waals surface area contributed by atoms with Crippen LogP contribution in [-0.2, 0) is 0 Å². The Bertz CT molecular complexity index is 694. The van der Waals surface area contributed by atoms with Gasteiger partial charge >= 0.3 is 0 Å². The van der Waals surface area contributed by atoms with Gasteiger partial charge in [0, 0.05) is 17.4 Å². The van der Waals surface area contributed by atoms with E-state index in [1.807, 2.05) is 0 Å². The summed E-state index contributed by atoms with van der Waals surface area (Å²) in [4.78, 5) is 10.2. The summed E-state index contributed by atoms with van der Waals surface area (Å²) in [7, 11) is 0. The average Bonchev–Trinajstić information content (AvgIpc) is 2.43. The fourth-order valence-electron chi connectivity index (χ4n) is 1.56. The number of anilines is 2. The molecule has 0 amide bonds. The second-order valence-electron chi connectivity index (χ2n) is 4.01. The topological polar surface area (TPSA) is 67.2 Å². The van der Waals surface area contributed by atoms with Crippen molar-refractivity contribution < 1.29 is 9.31 Å². The number of thiocarbonyl (C=S) groups is 1. The lowest BCUT2D eigenvalue weighted by molar-refractivity contribution is -0.384. The lowest BCUT2D eigenvalue weighted by Crippen LogP contribution is -2.19. The third-order valence-corrected chi connectivity index (χ3v) is 3.03. The molecule has 21 heavy (non-hydrogen) atoms. The van der Waals surface area contributed by atoms with Gasteiger partial charge in [-0.2, -0.15) is 0 Å². The third kappa shape index (κ3) is 4.11. The highest BCUT2D eigenvalue weighted by Gasteiger charge is 2.13. The molecule has 0 saturated carbocycles. The molecule has 0 spiro atoms. The van der Waals surface area contributed by atoms with Gasteiger partial charge in [0.05, 0.1) is 4.92 Å². The van der Waals surface area contributed by atoms with Gasteiger partial charge in [-0.15, -0.1) is 0 Å². The van der Waals surface area contributed by atoms with E-state index in [-0.39, 0.29) is 21.6 Å². The second kappa shape index (κ2) is 6.47. The lowest BCUT2D eigenvalue weighted by atomic mass is 10.3. The number of benzene rings is 2. The van der Waals surface area contributed by atoms with Crippen molar-refractivity contribution in [2.24, 2.45) is 0 Å². The Kier molecular flexibility index (Phi) is 4.66. The van der Waals surface area contributed by atoms with Gasteiger partial charge in [-0.25, -0.2) is 4.39 Å². The van der Waals surface area contributed by atoms with E-state index >= 15 is 0 Å². The largest absolute Gasteiger partial charge is 0.332 e. The molecule has 0 aliphatic carbocycles. The Labute approximate surface area is 129 Å². The van der Waals surface area contributed by atoms with Crippen LogP contribution in [0.5, 0.6) is 0 Å². The molecule has 0 heterocycles. The number of halogens is 2. The third-order valence-electron chi connectivity index (χ3n) is 2.50. The maximum absolute atomic E-state index is 12.8. The van der Waals surface area contributed by atoms with Crippen molar-refractivity contribution in [3.05, 3.63) is 63.4 Å². The smallest absolute Gasteiger partial charge is 0.289 e. The van der Waals surface area contributed by atoms with Gasteiger partial charge in [0.15, 0.2) is 5.11 Å². The summed E-state index contributed by atoms with van der Waals surface area (Å²) in [5.74, 6) is -0.354. The van der Waals surface area contributed by atoms with Crippen molar-refractivity contribution >= 4 is 46.0 Å². The highest BCUT2D eigenvalue weighted by molar-refractivity contribution is 7.80. The van der Waals surface area contributed by atoms with E-state index in [4.69, 9.17) is 23.8 Å². The molecule has 2 aromatic rings. The molecule has 0 unspecified atom stereocenters.